The van der Waals surface area contributed by atoms with Crippen LogP contribution in [-0.2, 0) is 13.0 Å². The Hall–Kier alpha value is -2.37. The van der Waals surface area contributed by atoms with E-state index in [-0.39, 0.29) is 5.69 Å². The molecule has 0 atom stereocenters. The minimum Gasteiger partial charge on any atom is -0.338 e. The monoisotopic (exact) mass is 304 g/mol. The zero-order valence-electron chi connectivity index (χ0n) is 13.1. The number of hydrogen-bond acceptors (Lipinski definition) is 2. The molecular weight excluding hydrogens is 283 g/mol. The van der Waals surface area contributed by atoms with Crippen LogP contribution in [0.25, 0.3) is 0 Å². The fraction of sp³-hybridized carbons (Fsp3) is 0.375. The molecule has 0 bridgehead atoms. The standard InChI is InChI=1S/C16H21FN4O/c1-4-21-12(3)13(11(2)20-21)9-10-18-16(22)19-15-8-6-5-7-14(15)17/h5-8H,4,9-10H2,1-3H3,(H2,18,19,22). The molecule has 2 rings (SSSR count). The molecule has 6 heteroatoms. The molecule has 1 aromatic carbocycles. The van der Waals surface area contributed by atoms with Crippen molar-refractivity contribution >= 4 is 11.7 Å². The van der Waals surface area contributed by atoms with Crippen LogP contribution in [0.5, 0.6) is 0 Å². The average molecular weight is 304 g/mol. The van der Waals surface area contributed by atoms with Crippen molar-refractivity contribution < 1.29 is 9.18 Å². The van der Waals surface area contributed by atoms with E-state index < -0.39 is 11.8 Å². The summed E-state index contributed by atoms with van der Waals surface area (Å²) in [4.78, 5) is 11.8. The van der Waals surface area contributed by atoms with Crippen molar-refractivity contribution in [3.05, 3.63) is 47.0 Å². The van der Waals surface area contributed by atoms with Gasteiger partial charge in [0.2, 0.25) is 0 Å². The number of carbonyl (C=O) groups excluding carboxylic acids is 1. The number of benzene rings is 1. The van der Waals surface area contributed by atoms with Crippen LogP contribution in [0.2, 0.25) is 0 Å². The minimum atomic E-state index is -0.450. The number of anilines is 1. The van der Waals surface area contributed by atoms with Crippen molar-refractivity contribution in [2.75, 3.05) is 11.9 Å². The van der Waals surface area contributed by atoms with Gasteiger partial charge >= 0.3 is 6.03 Å². The van der Waals surface area contributed by atoms with E-state index in [1.807, 2.05) is 25.5 Å². The van der Waals surface area contributed by atoms with E-state index in [0.29, 0.717) is 13.0 Å². The van der Waals surface area contributed by atoms with Gasteiger partial charge < -0.3 is 10.6 Å². The van der Waals surface area contributed by atoms with Crippen molar-refractivity contribution in [1.82, 2.24) is 15.1 Å². The number of nitrogens with one attached hydrogen (secondary N) is 2. The van der Waals surface area contributed by atoms with Gasteiger partial charge in [-0.15, -0.1) is 0 Å². The SMILES string of the molecule is CCn1nc(C)c(CCNC(=O)Nc2ccccc2F)c1C. The smallest absolute Gasteiger partial charge is 0.319 e. The number of para-hydroxylation sites is 1. The molecule has 0 aliphatic rings. The Labute approximate surface area is 129 Å². The first-order valence-electron chi connectivity index (χ1n) is 7.35. The summed E-state index contributed by atoms with van der Waals surface area (Å²) in [6.45, 7) is 7.33. The van der Waals surface area contributed by atoms with Gasteiger partial charge in [0.1, 0.15) is 5.82 Å². The van der Waals surface area contributed by atoms with Crippen LogP contribution in [0.3, 0.4) is 0 Å². The fourth-order valence-electron chi connectivity index (χ4n) is 2.43. The maximum absolute atomic E-state index is 13.4. The Kier molecular flexibility index (Phi) is 5.14. The quantitative estimate of drug-likeness (QED) is 0.892. The number of aromatic nitrogens is 2. The molecule has 0 fully saturated rings. The Morgan fingerprint density at radius 2 is 2.05 bits per heavy atom. The normalized spacial score (nSPS) is 10.5. The second-order valence-corrected chi connectivity index (χ2v) is 5.08. The highest BCUT2D eigenvalue weighted by Gasteiger charge is 2.11. The maximum Gasteiger partial charge on any atom is 0.319 e. The zero-order valence-corrected chi connectivity index (χ0v) is 13.1. The molecule has 0 saturated carbocycles. The van der Waals surface area contributed by atoms with Crippen LogP contribution in [0.1, 0.15) is 23.9 Å². The van der Waals surface area contributed by atoms with Gasteiger partial charge in [-0.05, 0) is 44.9 Å². The number of nitrogens with zero attached hydrogens (tertiary/aromatic N) is 2. The molecule has 0 saturated heterocycles. The summed E-state index contributed by atoms with van der Waals surface area (Å²) in [5.74, 6) is -0.450. The maximum atomic E-state index is 13.4. The molecule has 0 spiro atoms. The van der Waals surface area contributed by atoms with Crippen molar-refractivity contribution in [2.45, 2.75) is 33.7 Å². The largest absolute Gasteiger partial charge is 0.338 e. The summed E-state index contributed by atoms with van der Waals surface area (Å²) in [5.41, 5.74) is 3.42. The molecular formula is C16H21FN4O. The molecule has 0 aliphatic heterocycles. The van der Waals surface area contributed by atoms with Crippen LogP contribution in [0.4, 0.5) is 14.9 Å². The van der Waals surface area contributed by atoms with E-state index in [9.17, 15) is 9.18 Å². The Balaban J connectivity index is 1.88. The number of aryl methyl sites for hydroxylation is 2. The lowest BCUT2D eigenvalue weighted by atomic mass is 10.1. The summed E-state index contributed by atoms with van der Waals surface area (Å²) < 4.78 is 15.4. The molecule has 0 aliphatic carbocycles. The summed E-state index contributed by atoms with van der Waals surface area (Å²) in [7, 11) is 0. The van der Waals surface area contributed by atoms with Gasteiger partial charge in [-0.1, -0.05) is 12.1 Å². The Morgan fingerprint density at radius 1 is 1.32 bits per heavy atom. The van der Waals surface area contributed by atoms with Crippen LogP contribution < -0.4 is 10.6 Å². The Bertz CT molecular complexity index is 666. The summed E-state index contributed by atoms with van der Waals surface area (Å²) in [6, 6.07) is 5.67. The number of amides is 2. The van der Waals surface area contributed by atoms with E-state index in [2.05, 4.69) is 15.7 Å². The van der Waals surface area contributed by atoms with Crippen molar-refractivity contribution in [3.8, 4) is 0 Å². The predicted octanol–water partition coefficient (Wildman–Crippen LogP) is 3.02. The van der Waals surface area contributed by atoms with Gasteiger partial charge in [0.05, 0.1) is 11.4 Å². The Morgan fingerprint density at radius 3 is 2.68 bits per heavy atom. The molecule has 5 nitrogen and oxygen atoms in total. The highest BCUT2D eigenvalue weighted by atomic mass is 19.1. The third-order valence-electron chi connectivity index (χ3n) is 3.61. The summed E-state index contributed by atoms with van der Waals surface area (Å²) >= 11 is 0. The van der Waals surface area contributed by atoms with Crippen LogP contribution in [0, 0.1) is 19.7 Å². The van der Waals surface area contributed by atoms with E-state index in [0.717, 1.165) is 23.5 Å². The molecule has 0 radical (unpaired) electrons. The van der Waals surface area contributed by atoms with E-state index in [4.69, 9.17) is 0 Å². The molecule has 1 aromatic heterocycles. The lowest BCUT2D eigenvalue weighted by Gasteiger charge is -2.08. The molecule has 1 heterocycles. The predicted molar refractivity (Wildman–Crippen MR) is 84.5 cm³/mol. The van der Waals surface area contributed by atoms with Gasteiger partial charge in [-0.3, -0.25) is 4.68 Å². The van der Waals surface area contributed by atoms with Crippen molar-refractivity contribution in [3.63, 3.8) is 0 Å². The van der Waals surface area contributed by atoms with Gasteiger partial charge in [0, 0.05) is 18.8 Å². The van der Waals surface area contributed by atoms with Crippen LogP contribution in [0.15, 0.2) is 24.3 Å². The highest BCUT2D eigenvalue weighted by molar-refractivity contribution is 5.89. The highest BCUT2D eigenvalue weighted by Crippen LogP contribution is 2.14. The second-order valence-electron chi connectivity index (χ2n) is 5.08. The molecule has 22 heavy (non-hydrogen) atoms. The third-order valence-corrected chi connectivity index (χ3v) is 3.61. The number of hydrogen-bond donors (Lipinski definition) is 2. The lowest BCUT2D eigenvalue weighted by Crippen LogP contribution is -2.30. The summed E-state index contributed by atoms with van der Waals surface area (Å²) in [6.07, 6.45) is 0.697. The molecule has 0 unspecified atom stereocenters. The van der Waals surface area contributed by atoms with E-state index in [1.165, 1.54) is 12.1 Å². The van der Waals surface area contributed by atoms with Crippen molar-refractivity contribution in [2.24, 2.45) is 0 Å². The first-order valence-corrected chi connectivity index (χ1v) is 7.35. The van der Waals surface area contributed by atoms with Crippen molar-refractivity contribution in [1.29, 1.82) is 0 Å². The molecule has 2 amide bonds. The topological polar surface area (TPSA) is 59.0 Å². The number of halogens is 1. The first kappa shape index (κ1) is 16.0. The number of rotatable bonds is 5. The average Bonchev–Trinajstić information content (AvgIpc) is 2.77. The minimum absolute atomic E-state index is 0.172. The zero-order chi connectivity index (χ0) is 16.1. The van der Waals surface area contributed by atoms with E-state index in [1.54, 1.807) is 12.1 Å². The van der Waals surface area contributed by atoms with Gasteiger partial charge in [0.25, 0.3) is 0 Å². The third kappa shape index (κ3) is 3.63. The molecule has 2 N–H and O–H groups in total. The van der Waals surface area contributed by atoms with Crippen LogP contribution >= 0.6 is 0 Å². The summed E-state index contributed by atoms with van der Waals surface area (Å²) in [5, 5.41) is 9.68. The number of urea groups is 1. The van der Waals surface area contributed by atoms with Crippen LogP contribution in [-0.4, -0.2) is 22.4 Å². The van der Waals surface area contributed by atoms with Gasteiger partial charge in [0.15, 0.2) is 0 Å². The lowest BCUT2D eigenvalue weighted by molar-refractivity contribution is 0.252. The van der Waals surface area contributed by atoms with E-state index >= 15 is 0 Å². The van der Waals surface area contributed by atoms with Gasteiger partial charge in [-0.2, -0.15) is 5.10 Å². The second kappa shape index (κ2) is 7.06. The number of carbonyl (C=O) groups is 1. The first-order chi connectivity index (χ1) is 10.5. The van der Waals surface area contributed by atoms with Gasteiger partial charge in [-0.25, -0.2) is 9.18 Å². The molecule has 2 aromatic rings. The molecule has 118 valence electrons. The fourth-order valence-corrected chi connectivity index (χ4v) is 2.43.